The molecule has 0 spiro atoms. The van der Waals surface area contributed by atoms with Crippen LogP contribution < -0.4 is 0 Å². The van der Waals surface area contributed by atoms with Crippen molar-refractivity contribution in [2.45, 2.75) is 72.0 Å². The minimum atomic E-state index is 0.131. The lowest BCUT2D eigenvalue weighted by atomic mass is 10.0. The molecule has 20 heavy (non-hydrogen) atoms. The maximum Gasteiger partial charge on any atom is 0.106 e. The third-order valence-electron chi connectivity index (χ3n) is 3.76. The summed E-state index contributed by atoms with van der Waals surface area (Å²) in [5.41, 5.74) is 3.01. The van der Waals surface area contributed by atoms with E-state index in [2.05, 4.69) is 39.8 Å². The summed E-state index contributed by atoms with van der Waals surface area (Å²) < 4.78 is 10.9. The summed E-state index contributed by atoms with van der Waals surface area (Å²) in [7, 11) is 0. The van der Waals surface area contributed by atoms with Crippen LogP contribution >= 0.6 is 0 Å². The van der Waals surface area contributed by atoms with Crippen molar-refractivity contribution >= 4 is 0 Å². The quantitative estimate of drug-likeness (QED) is 0.251. The van der Waals surface area contributed by atoms with E-state index in [0.717, 1.165) is 25.7 Å². The maximum absolute atomic E-state index is 5.61. The molecular weight excluding hydrogens is 248 g/mol. The Balaban J connectivity index is 2.13. The molecule has 1 fully saturated rings. The van der Waals surface area contributed by atoms with E-state index in [4.69, 9.17) is 9.47 Å². The minimum absolute atomic E-state index is 0.131. The number of rotatable bonds is 9. The van der Waals surface area contributed by atoms with E-state index >= 15 is 0 Å². The number of allylic oxidation sites excluding steroid dienone is 4. The van der Waals surface area contributed by atoms with Crippen LogP contribution in [0.1, 0.15) is 60.3 Å². The van der Waals surface area contributed by atoms with Gasteiger partial charge in [0.25, 0.3) is 0 Å². The Morgan fingerprint density at radius 2 is 1.80 bits per heavy atom. The molecule has 1 atom stereocenters. The molecule has 1 unspecified atom stereocenters. The monoisotopic (exact) mass is 278 g/mol. The summed E-state index contributed by atoms with van der Waals surface area (Å²) in [4.78, 5) is 0. The van der Waals surface area contributed by atoms with Gasteiger partial charge in [0.15, 0.2) is 0 Å². The Labute approximate surface area is 124 Å². The Hall–Kier alpha value is -1.02. The van der Waals surface area contributed by atoms with Crippen LogP contribution in [0.25, 0.3) is 0 Å². The first-order valence-corrected chi connectivity index (χ1v) is 7.67. The highest BCUT2D eigenvalue weighted by molar-refractivity contribution is 5.05. The number of hydrogen-bond acceptors (Lipinski definition) is 2. The van der Waals surface area contributed by atoms with Gasteiger partial charge < -0.3 is 9.47 Å². The zero-order valence-corrected chi connectivity index (χ0v) is 13.7. The Kier molecular flexibility index (Phi) is 7.08. The molecule has 1 aliphatic heterocycles. The van der Waals surface area contributed by atoms with Crippen LogP contribution in [0, 0.1) is 0 Å². The number of ether oxygens (including phenoxy) is 2. The first kappa shape index (κ1) is 17.0. The van der Waals surface area contributed by atoms with Gasteiger partial charge in [0.1, 0.15) is 6.61 Å². The van der Waals surface area contributed by atoms with Gasteiger partial charge >= 0.3 is 0 Å². The lowest BCUT2D eigenvalue weighted by molar-refractivity contribution is 0.288. The first-order chi connectivity index (χ1) is 9.45. The van der Waals surface area contributed by atoms with E-state index in [1.165, 1.54) is 11.1 Å². The summed E-state index contributed by atoms with van der Waals surface area (Å²) in [5.74, 6) is 0. The van der Waals surface area contributed by atoms with Crippen molar-refractivity contribution in [1.29, 1.82) is 0 Å². The third-order valence-corrected chi connectivity index (χ3v) is 3.76. The lowest BCUT2D eigenvalue weighted by Gasteiger charge is -2.02. The van der Waals surface area contributed by atoms with E-state index in [0.29, 0.717) is 12.7 Å². The molecule has 114 valence electrons. The van der Waals surface area contributed by atoms with Gasteiger partial charge in [-0.2, -0.15) is 0 Å². The molecule has 0 bridgehead atoms. The van der Waals surface area contributed by atoms with Crippen molar-refractivity contribution in [1.82, 2.24) is 0 Å². The van der Waals surface area contributed by atoms with Gasteiger partial charge in [-0.05, 0) is 66.4 Å². The average molecular weight is 278 g/mol. The molecule has 0 aromatic heterocycles. The van der Waals surface area contributed by atoms with Crippen LogP contribution in [0.4, 0.5) is 0 Å². The minimum Gasteiger partial charge on any atom is -0.497 e. The zero-order chi connectivity index (χ0) is 15.0. The van der Waals surface area contributed by atoms with Crippen molar-refractivity contribution in [3.8, 4) is 0 Å². The molecule has 0 aliphatic carbocycles. The fourth-order valence-corrected chi connectivity index (χ4v) is 2.19. The van der Waals surface area contributed by atoms with Crippen molar-refractivity contribution in [3.63, 3.8) is 0 Å². The van der Waals surface area contributed by atoms with Gasteiger partial charge in [-0.1, -0.05) is 23.3 Å². The molecule has 0 aromatic rings. The van der Waals surface area contributed by atoms with E-state index in [9.17, 15) is 0 Å². The van der Waals surface area contributed by atoms with Crippen molar-refractivity contribution in [2.24, 2.45) is 0 Å². The zero-order valence-electron chi connectivity index (χ0n) is 13.7. The highest BCUT2D eigenvalue weighted by atomic mass is 16.6. The molecule has 0 aromatic carbocycles. The molecule has 1 saturated heterocycles. The Morgan fingerprint density at radius 1 is 1.15 bits per heavy atom. The standard InChI is InChI=1S/C18H30O2/c1-6-13-19-14-12-16(3)9-7-8-15(2)10-11-17-18(4,5)20-17/h6,8,12-13,17H,7,9-11,14H2,1-5H3/b13-6+,15-8+,16-12+. The SMILES string of the molecule is C/C=C/OC/C=C(\C)CC/C=C(\C)CCC1OC1(C)C. The van der Waals surface area contributed by atoms with E-state index in [-0.39, 0.29) is 5.60 Å². The first-order valence-electron chi connectivity index (χ1n) is 7.67. The van der Waals surface area contributed by atoms with Crippen LogP contribution in [0.2, 0.25) is 0 Å². The Morgan fingerprint density at radius 3 is 2.40 bits per heavy atom. The summed E-state index contributed by atoms with van der Waals surface area (Å²) >= 11 is 0. The van der Waals surface area contributed by atoms with Crippen molar-refractivity contribution in [2.75, 3.05) is 6.61 Å². The van der Waals surface area contributed by atoms with E-state index < -0.39 is 0 Å². The molecule has 0 N–H and O–H groups in total. The van der Waals surface area contributed by atoms with E-state index in [1.807, 2.05) is 13.0 Å². The van der Waals surface area contributed by atoms with Crippen molar-refractivity contribution in [3.05, 3.63) is 35.6 Å². The second-order valence-corrected chi connectivity index (χ2v) is 6.19. The summed E-state index contributed by atoms with van der Waals surface area (Å²) in [6.07, 6.45) is 13.2. The molecule has 0 amide bonds. The fourth-order valence-electron chi connectivity index (χ4n) is 2.19. The highest BCUT2D eigenvalue weighted by Crippen LogP contribution is 2.38. The predicted molar refractivity (Wildman–Crippen MR) is 85.7 cm³/mol. The second kappa shape index (κ2) is 8.31. The highest BCUT2D eigenvalue weighted by Gasteiger charge is 2.46. The van der Waals surface area contributed by atoms with Crippen LogP contribution in [0.3, 0.4) is 0 Å². The molecule has 1 heterocycles. The molecule has 0 saturated carbocycles. The molecule has 2 nitrogen and oxygen atoms in total. The van der Waals surface area contributed by atoms with Gasteiger partial charge in [0, 0.05) is 0 Å². The van der Waals surface area contributed by atoms with Crippen molar-refractivity contribution < 1.29 is 9.47 Å². The van der Waals surface area contributed by atoms with Gasteiger partial charge in [-0.3, -0.25) is 0 Å². The summed E-state index contributed by atoms with van der Waals surface area (Å²) in [5, 5.41) is 0. The van der Waals surface area contributed by atoms with Gasteiger partial charge in [-0.15, -0.1) is 0 Å². The predicted octanol–water partition coefficient (Wildman–Crippen LogP) is 5.17. The fraction of sp³-hybridized carbons (Fsp3) is 0.667. The van der Waals surface area contributed by atoms with E-state index in [1.54, 1.807) is 6.26 Å². The number of epoxide rings is 1. The molecular formula is C18H30O2. The van der Waals surface area contributed by atoms with Crippen LogP contribution in [0.5, 0.6) is 0 Å². The summed E-state index contributed by atoms with van der Waals surface area (Å²) in [6, 6.07) is 0. The second-order valence-electron chi connectivity index (χ2n) is 6.19. The van der Waals surface area contributed by atoms with Gasteiger partial charge in [-0.25, -0.2) is 0 Å². The topological polar surface area (TPSA) is 21.8 Å². The largest absolute Gasteiger partial charge is 0.497 e. The van der Waals surface area contributed by atoms with Gasteiger partial charge in [0.2, 0.25) is 0 Å². The molecule has 0 radical (unpaired) electrons. The van der Waals surface area contributed by atoms with Crippen LogP contribution in [-0.2, 0) is 9.47 Å². The molecule has 1 rings (SSSR count). The maximum atomic E-state index is 5.61. The normalized spacial score (nSPS) is 22.4. The molecule has 2 heteroatoms. The Bertz CT molecular complexity index is 375. The number of hydrogen-bond donors (Lipinski definition) is 0. The summed E-state index contributed by atoms with van der Waals surface area (Å²) in [6.45, 7) is 11.4. The van der Waals surface area contributed by atoms with Crippen LogP contribution in [-0.4, -0.2) is 18.3 Å². The van der Waals surface area contributed by atoms with Crippen LogP contribution in [0.15, 0.2) is 35.6 Å². The third kappa shape index (κ3) is 6.95. The average Bonchev–Trinajstić information content (AvgIpc) is 3.00. The van der Waals surface area contributed by atoms with Gasteiger partial charge in [0.05, 0.1) is 18.0 Å². The molecule has 1 aliphatic rings. The smallest absolute Gasteiger partial charge is 0.106 e. The lowest BCUT2D eigenvalue weighted by Crippen LogP contribution is -2.02.